The lowest BCUT2D eigenvalue weighted by Crippen LogP contribution is -2.28. The Labute approximate surface area is 116 Å². The van der Waals surface area contributed by atoms with Crippen LogP contribution in [0.4, 0.5) is 0 Å². The molecule has 1 aromatic heterocycles. The Morgan fingerprint density at radius 3 is 2.84 bits per heavy atom. The summed E-state index contributed by atoms with van der Waals surface area (Å²) in [6.07, 6.45) is 3.78. The fraction of sp³-hybridized carbons (Fsp3) is 0.733. The van der Waals surface area contributed by atoms with Gasteiger partial charge in [0.05, 0.1) is 19.7 Å². The lowest BCUT2D eigenvalue weighted by Gasteiger charge is -2.20. The number of hydrogen-bond acceptors (Lipinski definition) is 4. The van der Waals surface area contributed by atoms with Crippen LogP contribution in [0.15, 0.2) is 16.5 Å². The quantitative estimate of drug-likeness (QED) is 0.660. The van der Waals surface area contributed by atoms with E-state index in [1.807, 2.05) is 0 Å². The second-order valence-corrected chi connectivity index (χ2v) is 5.24. The highest BCUT2D eigenvalue weighted by atomic mass is 16.5. The molecule has 0 atom stereocenters. The lowest BCUT2D eigenvalue weighted by molar-refractivity contribution is 0.134. The van der Waals surface area contributed by atoms with Gasteiger partial charge in [-0.05, 0) is 37.9 Å². The van der Waals surface area contributed by atoms with Crippen LogP contribution in [0.2, 0.25) is 0 Å². The van der Waals surface area contributed by atoms with Crippen molar-refractivity contribution in [3.05, 3.63) is 23.7 Å². The van der Waals surface area contributed by atoms with E-state index in [-0.39, 0.29) is 0 Å². The first-order valence-electron chi connectivity index (χ1n) is 7.34. The van der Waals surface area contributed by atoms with E-state index in [1.54, 1.807) is 7.11 Å². The molecule has 1 fully saturated rings. The summed E-state index contributed by atoms with van der Waals surface area (Å²) in [7, 11) is 1.76. The van der Waals surface area contributed by atoms with Gasteiger partial charge in [-0.2, -0.15) is 0 Å². The largest absolute Gasteiger partial charge is 0.463 e. The van der Waals surface area contributed by atoms with Gasteiger partial charge in [-0.3, -0.25) is 4.90 Å². The molecule has 1 aliphatic carbocycles. The molecule has 0 aromatic carbocycles. The summed E-state index contributed by atoms with van der Waals surface area (Å²) in [6, 6.07) is 4.92. The smallest absolute Gasteiger partial charge is 0.118 e. The van der Waals surface area contributed by atoms with E-state index >= 15 is 0 Å². The number of furan rings is 1. The van der Waals surface area contributed by atoms with Gasteiger partial charge < -0.3 is 14.5 Å². The molecular formula is C15H26N2O2. The van der Waals surface area contributed by atoms with Crippen LogP contribution in [0.1, 0.15) is 37.7 Å². The second-order valence-electron chi connectivity index (χ2n) is 5.24. The van der Waals surface area contributed by atoms with E-state index in [9.17, 15) is 0 Å². The van der Waals surface area contributed by atoms with E-state index < -0.39 is 0 Å². The zero-order valence-electron chi connectivity index (χ0n) is 12.2. The van der Waals surface area contributed by atoms with Crippen molar-refractivity contribution in [1.82, 2.24) is 10.2 Å². The predicted octanol–water partition coefficient (Wildman–Crippen LogP) is 2.39. The van der Waals surface area contributed by atoms with Gasteiger partial charge in [-0.1, -0.05) is 6.92 Å². The SMILES string of the molecule is CCCNCc1ccc(CN(CCOC)C2CC2)o1. The van der Waals surface area contributed by atoms with Gasteiger partial charge in [-0.15, -0.1) is 0 Å². The standard InChI is InChI=1S/C15H26N2O2/c1-3-8-16-11-14-6-7-15(19-14)12-17(9-10-18-2)13-4-5-13/h6-7,13,16H,3-5,8-12H2,1-2H3. The van der Waals surface area contributed by atoms with E-state index in [0.29, 0.717) is 0 Å². The molecule has 4 nitrogen and oxygen atoms in total. The third-order valence-electron chi connectivity index (χ3n) is 3.45. The third-order valence-corrected chi connectivity index (χ3v) is 3.45. The summed E-state index contributed by atoms with van der Waals surface area (Å²) in [5.74, 6) is 2.10. The monoisotopic (exact) mass is 266 g/mol. The van der Waals surface area contributed by atoms with Crippen molar-refractivity contribution in [2.24, 2.45) is 0 Å². The van der Waals surface area contributed by atoms with Crippen LogP contribution >= 0.6 is 0 Å². The summed E-state index contributed by atoms with van der Waals surface area (Å²) >= 11 is 0. The molecule has 0 saturated heterocycles. The Bertz CT molecular complexity index is 361. The van der Waals surface area contributed by atoms with Crippen molar-refractivity contribution >= 4 is 0 Å². The Morgan fingerprint density at radius 2 is 2.16 bits per heavy atom. The van der Waals surface area contributed by atoms with E-state index in [4.69, 9.17) is 9.15 Å². The lowest BCUT2D eigenvalue weighted by atomic mass is 10.3. The molecular weight excluding hydrogens is 240 g/mol. The average molecular weight is 266 g/mol. The molecule has 108 valence electrons. The Hall–Kier alpha value is -0.840. The van der Waals surface area contributed by atoms with E-state index in [0.717, 1.165) is 56.8 Å². The highest BCUT2D eigenvalue weighted by molar-refractivity contribution is 5.07. The maximum Gasteiger partial charge on any atom is 0.118 e. The molecule has 0 spiro atoms. The van der Waals surface area contributed by atoms with Crippen LogP contribution in [0.25, 0.3) is 0 Å². The molecule has 0 aliphatic heterocycles. The van der Waals surface area contributed by atoms with Crippen LogP contribution in [0.5, 0.6) is 0 Å². The van der Waals surface area contributed by atoms with E-state index in [1.165, 1.54) is 12.8 Å². The molecule has 0 amide bonds. The van der Waals surface area contributed by atoms with Gasteiger partial charge >= 0.3 is 0 Å². The van der Waals surface area contributed by atoms with Crippen LogP contribution in [-0.4, -0.2) is 37.7 Å². The zero-order chi connectivity index (χ0) is 13.5. The molecule has 2 rings (SSSR count). The Balaban J connectivity index is 1.79. The number of methoxy groups -OCH3 is 1. The van der Waals surface area contributed by atoms with Crippen LogP contribution < -0.4 is 5.32 Å². The first-order valence-corrected chi connectivity index (χ1v) is 7.34. The van der Waals surface area contributed by atoms with Gasteiger partial charge in [0.2, 0.25) is 0 Å². The van der Waals surface area contributed by atoms with Gasteiger partial charge in [0.15, 0.2) is 0 Å². The molecule has 0 bridgehead atoms. The number of nitrogens with one attached hydrogen (secondary N) is 1. The molecule has 1 aliphatic rings. The van der Waals surface area contributed by atoms with E-state index in [2.05, 4.69) is 29.3 Å². The summed E-state index contributed by atoms with van der Waals surface area (Å²) in [5, 5.41) is 3.36. The minimum Gasteiger partial charge on any atom is -0.463 e. The molecule has 0 radical (unpaired) electrons. The summed E-state index contributed by atoms with van der Waals surface area (Å²) in [4.78, 5) is 2.46. The van der Waals surface area contributed by atoms with Crippen molar-refractivity contribution < 1.29 is 9.15 Å². The predicted molar refractivity (Wildman–Crippen MR) is 76.0 cm³/mol. The zero-order valence-corrected chi connectivity index (χ0v) is 12.2. The van der Waals surface area contributed by atoms with Gasteiger partial charge in [-0.25, -0.2) is 0 Å². The Morgan fingerprint density at radius 1 is 1.37 bits per heavy atom. The van der Waals surface area contributed by atoms with Crippen molar-refractivity contribution in [3.8, 4) is 0 Å². The number of hydrogen-bond donors (Lipinski definition) is 1. The Kier molecular flexibility index (Phi) is 5.89. The minimum absolute atomic E-state index is 0.738. The first-order chi connectivity index (χ1) is 9.33. The molecule has 1 aromatic rings. The minimum atomic E-state index is 0.738. The normalized spacial score (nSPS) is 15.3. The second kappa shape index (κ2) is 7.68. The topological polar surface area (TPSA) is 37.6 Å². The molecule has 4 heteroatoms. The summed E-state index contributed by atoms with van der Waals surface area (Å²) < 4.78 is 11.0. The summed E-state index contributed by atoms with van der Waals surface area (Å²) in [6.45, 7) is 6.73. The number of ether oxygens (including phenoxy) is 1. The number of rotatable bonds is 10. The highest BCUT2D eigenvalue weighted by Gasteiger charge is 2.29. The van der Waals surface area contributed by atoms with Crippen LogP contribution in [0, 0.1) is 0 Å². The molecule has 1 N–H and O–H groups in total. The summed E-state index contributed by atoms with van der Waals surface area (Å²) in [5.41, 5.74) is 0. The molecule has 19 heavy (non-hydrogen) atoms. The molecule has 1 heterocycles. The first kappa shape index (κ1) is 14.6. The van der Waals surface area contributed by atoms with Crippen molar-refractivity contribution in [2.45, 2.75) is 45.3 Å². The maximum absolute atomic E-state index is 5.87. The molecule has 1 saturated carbocycles. The average Bonchev–Trinajstić information content (AvgIpc) is 3.17. The fourth-order valence-corrected chi connectivity index (χ4v) is 2.23. The van der Waals surface area contributed by atoms with Gasteiger partial charge in [0.25, 0.3) is 0 Å². The molecule has 0 unspecified atom stereocenters. The fourth-order valence-electron chi connectivity index (χ4n) is 2.23. The van der Waals surface area contributed by atoms with Gasteiger partial charge in [0, 0.05) is 19.7 Å². The van der Waals surface area contributed by atoms with Crippen molar-refractivity contribution in [1.29, 1.82) is 0 Å². The van der Waals surface area contributed by atoms with Crippen molar-refractivity contribution in [3.63, 3.8) is 0 Å². The highest BCUT2D eigenvalue weighted by Crippen LogP contribution is 2.28. The third kappa shape index (κ3) is 4.97. The maximum atomic E-state index is 5.87. The van der Waals surface area contributed by atoms with Crippen molar-refractivity contribution in [2.75, 3.05) is 26.8 Å². The number of nitrogens with zero attached hydrogens (tertiary/aromatic N) is 1. The van der Waals surface area contributed by atoms with Crippen LogP contribution in [-0.2, 0) is 17.8 Å². The van der Waals surface area contributed by atoms with Crippen LogP contribution in [0.3, 0.4) is 0 Å². The van der Waals surface area contributed by atoms with Gasteiger partial charge in [0.1, 0.15) is 11.5 Å².